The number of nitrogens with one attached hydrogen (secondary N) is 2. The van der Waals surface area contributed by atoms with Gasteiger partial charge >= 0.3 is 0 Å². The van der Waals surface area contributed by atoms with Crippen LogP contribution < -0.4 is 19.7 Å². The number of unbranched alkanes of at least 4 members (excludes halogenated alkanes) is 1. The molecule has 36 heavy (non-hydrogen) atoms. The van der Waals surface area contributed by atoms with Gasteiger partial charge in [-0.15, -0.1) is 0 Å². The summed E-state index contributed by atoms with van der Waals surface area (Å²) in [6.45, 7) is 2.99. The molecule has 1 aliphatic rings. The average molecular weight is 589 g/mol. The zero-order valence-corrected chi connectivity index (χ0v) is 22.9. The average Bonchev–Trinajstić information content (AvgIpc) is 3.30. The number of amides is 1. The minimum Gasteiger partial charge on any atom is -0.493 e. The minimum absolute atomic E-state index is 0.0866. The molecule has 188 valence electrons. The van der Waals surface area contributed by atoms with Gasteiger partial charge in [-0.05, 0) is 79.2 Å². The standard InChI is InChI=1S/C26H26BrN3O4S2/c1-2-3-16-34-24-13-8-19(27)17-22(24)25(31)29-26(35)28-20-9-11-21(12-10-20)36(32,33)30-15-14-18-6-4-5-7-23(18)30/h4-13,17H,2-3,14-16H2,1H3,(H2,28,29,31,35). The smallest absolute Gasteiger partial charge is 0.264 e. The van der Waals surface area contributed by atoms with Gasteiger partial charge < -0.3 is 10.1 Å². The molecule has 4 rings (SSSR count). The lowest BCUT2D eigenvalue weighted by molar-refractivity contribution is 0.0973. The van der Waals surface area contributed by atoms with Crippen molar-refractivity contribution in [3.63, 3.8) is 0 Å². The molecule has 3 aromatic rings. The van der Waals surface area contributed by atoms with Crippen LogP contribution in [0.2, 0.25) is 0 Å². The molecule has 0 saturated heterocycles. The van der Waals surface area contributed by atoms with E-state index in [2.05, 4.69) is 33.5 Å². The van der Waals surface area contributed by atoms with Crippen molar-refractivity contribution in [2.24, 2.45) is 0 Å². The summed E-state index contributed by atoms with van der Waals surface area (Å²) < 4.78 is 34.3. The molecule has 0 spiro atoms. The number of nitrogens with zero attached hydrogens (tertiary/aromatic N) is 1. The van der Waals surface area contributed by atoms with Crippen molar-refractivity contribution >= 4 is 60.6 Å². The Morgan fingerprint density at radius 3 is 2.61 bits per heavy atom. The van der Waals surface area contributed by atoms with E-state index in [4.69, 9.17) is 17.0 Å². The van der Waals surface area contributed by atoms with Crippen LogP contribution in [-0.4, -0.2) is 32.6 Å². The second-order valence-corrected chi connectivity index (χ2v) is 11.4. The van der Waals surface area contributed by atoms with E-state index in [-0.39, 0.29) is 10.0 Å². The maximum Gasteiger partial charge on any atom is 0.264 e. The van der Waals surface area contributed by atoms with E-state index in [0.29, 0.717) is 42.3 Å². The van der Waals surface area contributed by atoms with Crippen molar-refractivity contribution in [3.8, 4) is 5.75 Å². The number of sulfonamides is 1. The monoisotopic (exact) mass is 587 g/mol. The van der Waals surface area contributed by atoms with Gasteiger partial charge in [0.25, 0.3) is 15.9 Å². The number of ether oxygens (including phenoxy) is 1. The Labute approximate surface area is 225 Å². The van der Waals surface area contributed by atoms with E-state index < -0.39 is 15.9 Å². The van der Waals surface area contributed by atoms with E-state index in [0.717, 1.165) is 22.9 Å². The van der Waals surface area contributed by atoms with Crippen LogP contribution in [0, 0.1) is 0 Å². The molecule has 1 aliphatic heterocycles. The van der Waals surface area contributed by atoms with Gasteiger partial charge in [0.2, 0.25) is 0 Å². The molecule has 0 fully saturated rings. The summed E-state index contributed by atoms with van der Waals surface area (Å²) in [7, 11) is -3.69. The lowest BCUT2D eigenvalue weighted by Gasteiger charge is -2.20. The molecule has 0 bridgehead atoms. The van der Waals surface area contributed by atoms with E-state index >= 15 is 0 Å². The van der Waals surface area contributed by atoms with Gasteiger partial charge in [0, 0.05) is 16.7 Å². The maximum absolute atomic E-state index is 13.2. The molecule has 0 radical (unpaired) electrons. The highest BCUT2D eigenvalue weighted by atomic mass is 79.9. The summed E-state index contributed by atoms with van der Waals surface area (Å²) in [6.07, 6.45) is 2.55. The van der Waals surface area contributed by atoms with E-state index in [1.807, 2.05) is 30.3 Å². The Morgan fingerprint density at radius 1 is 1.11 bits per heavy atom. The van der Waals surface area contributed by atoms with Crippen LogP contribution in [0.15, 0.2) is 76.1 Å². The highest BCUT2D eigenvalue weighted by Crippen LogP contribution is 2.33. The van der Waals surface area contributed by atoms with Crippen molar-refractivity contribution < 1.29 is 17.9 Å². The molecule has 0 saturated carbocycles. The van der Waals surface area contributed by atoms with Crippen molar-refractivity contribution in [1.82, 2.24) is 5.32 Å². The summed E-state index contributed by atoms with van der Waals surface area (Å²) in [6, 6.07) is 19.0. The number of thiocarbonyl (C=S) groups is 1. The normalized spacial score (nSPS) is 12.7. The summed E-state index contributed by atoms with van der Waals surface area (Å²) in [5.74, 6) is 0.0668. The fourth-order valence-corrected chi connectivity index (χ4v) is 5.93. The fraction of sp³-hybridized carbons (Fsp3) is 0.231. The third-order valence-corrected chi connectivity index (χ3v) is 8.24. The zero-order chi connectivity index (χ0) is 25.7. The van der Waals surface area contributed by atoms with Gasteiger partial charge in [-0.3, -0.25) is 14.4 Å². The van der Waals surface area contributed by atoms with E-state index in [1.165, 1.54) is 16.4 Å². The number of carbonyl (C=O) groups excluding carboxylic acids is 1. The van der Waals surface area contributed by atoms with Crippen molar-refractivity contribution in [1.29, 1.82) is 0 Å². The van der Waals surface area contributed by atoms with Gasteiger partial charge in [0.1, 0.15) is 5.75 Å². The van der Waals surface area contributed by atoms with Gasteiger partial charge in [0.15, 0.2) is 5.11 Å². The summed E-state index contributed by atoms with van der Waals surface area (Å²) >= 11 is 8.70. The van der Waals surface area contributed by atoms with Crippen molar-refractivity contribution in [2.45, 2.75) is 31.1 Å². The highest BCUT2D eigenvalue weighted by Gasteiger charge is 2.30. The molecule has 0 atom stereocenters. The van der Waals surface area contributed by atoms with Crippen molar-refractivity contribution in [3.05, 3.63) is 82.3 Å². The Hall–Kier alpha value is -2.95. The topological polar surface area (TPSA) is 87.7 Å². The Morgan fingerprint density at radius 2 is 1.86 bits per heavy atom. The second kappa shape index (κ2) is 11.4. The summed E-state index contributed by atoms with van der Waals surface area (Å²) in [5.41, 5.74) is 2.64. The molecule has 1 amide bonds. The molecule has 3 aromatic carbocycles. The first-order valence-electron chi connectivity index (χ1n) is 11.5. The van der Waals surface area contributed by atoms with Crippen LogP contribution in [0.1, 0.15) is 35.7 Å². The lowest BCUT2D eigenvalue weighted by Crippen LogP contribution is -2.34. The van der Waals surface area contributed by atoms with E-state index in [9.17, 15) is 13.2 Å². The molecule has 2 N–H and O–H groups in total. The molecular formula is C26H26BrN3O4S2. The number of rotatable bonds is 8. The van der Waals surface area contributed by atoms with E-state index in [1.54, 1.807) is 24.3 Å². The molecule has 1 heterocycles. The fourth-order valence-electron chi connectivity index (χ4n) is 3.86. The van der Waals surface area contributed by atoms with Crippen LogP contribution in [0.4, 0.5) is 11.4 Å². The second-order valence-electron chi connectivity index (χ2n) is 8.23. The van der Waals surface area contributed by atoms with Crippen molar-refractivity contribution in [2.75, 3.05) is 22.8 Å². The number of hydrogen-bond acceptors (Lipinski definition) is 5. The number of anilines is 2. The minimum atomic E-state index is -3.69. The maximum atomic E-state index is 13.2. The Bertz CT molecular complexity index is 1380. The summed E-state index contributed by atoms with van der Waals surface area (Å²) in [4.78, 5) is 13.0. The van der Waals surface area contributed by atoms with Crippen LogP contribution in [0.3, 0.4) is 0 Å². The molecule has 7 nitrogen and oxygen atoms in total. The zero-order valence-electron chi connectivity index (χ0n) is 19.7. The van der Waals surface area contributed by atoms with Crippen LogP contribution in [0.5, 0.6) is 5.75 Å². The molecule has 0 aliphatic carbocycles. The van der Waals surface area contributed by atoms with Gasteiger partial charge in [-0.1, -0.05) is 47.5 Å². The first kappa shape index (κ1) is 26.1. The van der Waals surface area contributed by atoms with Gasteiger partial charge in [0.05, 0.1) is 22.8 Å². The molecular weight excluding hydrogens is 562 g/mol. The Kier molecular flexibility index (Phi) is 8.28. The van der Waals surface area contributed by atoms with Gasteiger partial charge in [-0.25, -0.2) is 8.42 Å². The van der Waals surface area contributed by atoms with Crippen LogP contribution in [0.25, 0.3) is 0 Å². The molecule has 10 heteroatoms. The first-order chi connectivity index (χ1) is 17.3. The number of carbonyl (C=O) groups is 1. The SMILES string of the molecule is CCCCOc1ccc(Br)cc1C(=O)NC(=S)Nc1ccc(S(=O)(=O)N2CCc3ccccc32)cc1. The number of benzene rings is 3. The number of halogens is 1. The first-order valence-corrected chi connectivity index (χ1v) is 14.2. The number of hydrogen-bond donors (Lipinski definition) is 2. The van der Waals surface area contributed by atoms with Gasteiger partial charge in [-0.2, -0.15) is 0 Å². The molecule has 0 aromatic heterocycles. The largest absolute Gasteiger partial charge is 0.493 e. The number of para-hydroxylation sites is 1. The lowest BCUT2D eigenvalue weighted by atomic mass is 10.2. The number of fused-ring (bicyclic) bond motifs is 1. The molecule has 0 unspecified atom stereocenters. The Balaban J connectivity index is 1.41. The van der Waals surface area contributed by atoms with Crippen LogP contribution >= 0.6 is 28.1 Å². The predicted octanol–water partition coefficient (Wildman–Crippen LogP) is 5.51. The highest BCUT2D eigenvalue weighted by molar-refractivity contribution is 9.10. The van der Waals surface area contributed by atoms with Crippen LogP contribution in [-0.2, 0) is 16.4 Å². The predicted molar refractivity (Wildman–Crippen MR) is 149 cm³/mol. The summed E-state index contributed by atoms with van der Waals surface area (Å²) in [5, 5.41) is 5.68. The quantitative estimate of drug-likeness (QED) is 0.267. The third kappa shape index (κ3) is 5.88. The third-order valence-electron chi connectivity index (χ3n) is 5.71.